The molecule has 2 aromatic carbocycles. The van der Waals surface area contributed by atoms with Gasteiger partial charge in [0.25, 0.3) is 0 Å². The Balaban J connectivity index is 1.88. The van der Waals surface area contributed by atoms with Gasteiger partial charge in [0.2, 0.25) is 15.9 Å². The van der Waals surface area contributed by atoms with E-state index in [-0.39, 0.29) is 10.8 Å². The van der Waals surface area contributed by atoms with Crippen molar-refractivity contribution in [3.63, 3.8) is 0 Å². The molecule has 1 amide bonds. The van der Waals surface area contributed by atoms with Gasteiger partial charge >= 0.3 is 0 Å². The zero-order chi connectivity index (χ0) is 18.6. The lowest BCUT2D eigenvalue weighted by Crippen LogP contribution is -2.51. The monoisotopic (exact) mass is 373 g/mol. The highest BCUT2D eigenvalue weighted by Crippen LogP contribution is 2.20. The van der Waals surface area contributed by atoms with Crippen LogP contribution in [0.5, 0.6) is 0 Å². The Bertz CT molecular complexity index is 833. The molecule has 26 heavy (non-hydrogen) atoms. The second-order valence-electron chi connectivity index (χ2n) is 6.41. The number of sulfonamides is 1. The summed E-state index contributed by atoms with van der Waals surface area (Å²) in [7, 11) is -1.80. The van der Waals surface area contributed by atoms with Crippen molar-refractivity contribution in [2.24, 2.45) is 0 Å². The standard InChI is InChI=1S/C19H23N3O3S/c1-21-12-14-22(15-13-21)19(23)18(16-8-4-2-5-9-16)20-26(24,25)17-10-6-3-7-11-17/h2-11,18,20H,12-15H2,1H3/t18-/m1/s1. The molecule has 2 aromatic rings. The van der Waals surface area contributed by atoms with Crippen LogP contribution < -0.4 is 4.72 Å². The van der Waals surface area contributed by atoms with Gasteiger partial charge in [0.1, 0.15) is 6.04 Å². The van der Waals surface area contributed by atoms with E-state index >= 15 is 0 Å². The Morgan fingerprint density at radius 1 is 0.923 bits per heavy atom. The molecule has 0 bridgehead atoms. The second-order valence-corrected chi connectivity index (χ2v) is 8.12. The van der Waals surface area contributed by atoms with Crippen molar-refractivity contribution in [3.05, 3.63) is 66.2 Å². The first kappa shape index (κ1) is 18.6. The van der Waals surface area contributed by atoms with E-state index in [1.807, 2.05) is 13.1 Å². The maximum absolute atomic E-state index is 13.1. The molecule has 6 nitrogen and oxygen atoms in total. The molecule has 1 fully saturated rings. The van der Waals surface area contributed by atoms with E-state index in [0.29, 0.717) is 18.7 Å². The fraction of sp³-hybridized carbons (Fsp3) is 0.316. The van der Waals surface area contributed by atoms with Crippen molar-refractivity contribution in [1.29, 1.82) is 0 Å². The van der Waals surface area contributed by atoms with Gasteiger partial charge in [-0.15, -0.1) is 0 Å². The lowest BCUT2D eigenvalue weighted by molar-refractivity contribution is -0.134. The van der Waals surface area contributed by atoms with Crippen LogP contribution in [0.15, 0.2) is 65.6 Å². The Hall–Kier alpha value is -2.22. The summed E-state index contributed by atoms with van der Waals surface area (Å²) in [5, 5.41) is 0. The van der Waals surface area contributed by atoms with Gasteiger partial charge in [0, 0.05) is 26.2 Å². The van der Waals surface area contributed by atoms with Gasteiger partial charge in [-0.2, -0.15) is 4.72 Å². The number of rotatable bonds is 5. The number of amides is 1. The summed E-state index contributed by atoms with van der Waals surface area (Å²) in [6.07, 6.45) is 0. The molecule has 1 N–H and O–H groups in total. The third-order valence-corrected chi connectivity index (χ3v) is 5.96. The van der Waals surface area contributed by atoms with Crippen molar-refractivity contribution < 1.29 is 13.2 Å². The van der Waals surface area contributed by atoms with E-state index < -0.39 is 16.1 Å². The first-order chi connectivity index (χ1) is 12.5. The highest BCUT2D eigenvalue weighted by Gasteiger charge is 2.31. The Labute approximate surface area is 154 Å². The summed E-state index contributed by atoms with van der Waals surface area (Å²) < 4.78 is 28.1. The molecule has 1 aliphatic rings. The molecular weight excluding hydrogens is 350 g/mol. The summed E-state index contributed by atoms with van der Waals surface area (Å²) >= 11 is 0. The van der Waals surface area contributed by atoms with Crippen LogP contribution in [0.4, 0.5) is 0 Å². The maximum atomic E-state index is 13.1. The number of carbonyl (C=O) groups excluding carboxylic acids is 1. The topological polar surface area (TPSA) is 69.7 Å². The Morgan fingerprint density at radius 3 is 2.04 bits per heavy atom. The van der Waals surface area contributed by atoms with E-state index in [9.17, 15) is 13.2 Å². The molecule has 0 aromatic heterocycles. The molecule has 0 aliphatic carbocycles. The normalized spacial score (nSPS) is 17.0. The fourth-order valence-electron chi connectivity index (χ4n) is 2.94. The zero-order valence-corrected chi connectivity index (χ0v) is 15.5. The van der Waals surface area contributed by atoms with Gasteiger partial charge in [0.05, 0.1) is 4.90 Å². The number of nitrogens with zero attached hydrogens (tertiary/aromatic N) is 2. The molecule has 0 saturated carbocycles. The smallest absolute Gasteiger partial charge is 0.245 e. The van der Waals surface area contributed by atoms with Crippen LogP contribution in [-0.2, 0) is 14.8 Å². The van der Waals surface area contributed by atoms with Gasteiger partial charge in [-0.1, -0.05) is 48.5 Å². The first-order valence-electron chi connectivity index (χ1n) is 8.57. The van der Waals surface area contributed by atoms with Crippen LogP contribution >= 0.6 is 0 Å². The van der Waals surface area contributed by atoms with Crippen LogP contribution in [-0.4, -0.2) is 57.4 Å². The van der Waals surface area contributed by atoms with Crippen molar-refractivity contribution in [1.82, 2.24) is 14.5 Å². The summed E-state index contributed by atoms with van der Waals surface area (Å²) in [5.74, 6) is -0.219. The van der Waals surface area contributed by atoms with Crippen LogP contribution in [0, 0.1) is 0 Å². The molecule has 7 heteroatoms. The van der Waals surface area contributed by atoms with Gasteiger partial charge in [-0.25, -0.2) is 8.42 Å². The minimum Gasteiger partial charge on any atom is -0.338 e. The quantitative estimate of drug-likeness (QED) is 0.862. The fourth-order valence-corrected chi connectivity index (χ4v) is 4.14. The second kappa shape index (κ2) is 7.99. The van der Waals surface area contributed by atoms with Crippen LogP contribution in [0.3, 0.4) is 0 Å². The summed E-state index contributed by atoms with van der Waals surface area (Å²) in [6, 6.07) is 16.2. The number of likely N-dealkylation sites (N-methyl/N-ethyl adjacent to an activating group) is 1. The predicted octanol–water partition coefficient (Wildman–Crippen LogP) is 1.48. The lowest BCUT2D eigenvalue weighted by Gasteiger charge is -2.34. The van der Waals surface area contributed by atoms with Crippen LogP contribution in [0.1, 0.15) is 11.6 Å². The van der Waals surface area contributed by atoms with E-state index in [2.05, 4.69) is 9.62 Å². The molecule has 1 heterocycles. The van der Waals surface area contributed by atoms with Crippen molar-refractivity contribution in [2.45, 2.75) is 10.9 Å². The minimum absolute atomic E-state index is 0.145. The molecule has 1 aliphatic heterocycles. The first-order valence-corrected chi connectivity index (χ1v) is 10.1. The SMILES string of the molecule is CN1CCN(C(=O)[C@H](NS(=O)(=O)c2ccccc2)c2ccccc2)CC1. The number of carbonyl (C=O) groups is 1. The highest BCUT2D eigenvalue weighted by atomic mass is 32.2. The van der Waals surface area contributed by atoms with Gasteiger partial charge < -0.3 is 9.80 Å². The Morgan fingerprint density at radius 2 is 1.46 bits per heavy atom. The van der Waals surface area contributed by atoms with E-state index in [0.717, 1.165) is 13.1 Å². The average Bonchev–Trinajstić information content (AvgIpc) is 2.68. The minimum atomic E-state index is -3.81. The largest absolute Gasteiger partial charge is 0.338 e. The molecular formula is C19H23N3O3S. The highest BCUT2D eigenvalue weighted by molar-refractivity contribution is 7.89. The molecule has 1 atom stereocenters. The number of nitrogens with one attached hydrogen (secondary N) is 1. The number of piperazine rings is 1. The molecule has 0 spiro atoms. The third-order valence-electron chi connectivity index (χ3n) is 4.52. The van der Waals surface area contributed by atoms with E-state index in [1.165, 1.54) is 12.1 Å². The molecule has 0 radical (unpaired) electrons. The van der Waals surface area contributed by atoms with Crippen LogP contribution in [0.2, 0.25) is 0 Å². The van der Waals surface area contributed by atoms with Crippen molar-refractivity contribution in [3.8, 4) is 0 Å². The van der Waals surface area contributed by atoms with Crippen LogP contribution in [0.25, 0.3) is 0 Å². The maximum Gasteiger partial charge on any atom is 0.245 e. The molecule has 3 rings (SSSR count). The molecule has 0 unspecified atom stereocenters. The predicted molar refractivity (Wildman–Crippen MR) is 100 cm³/mol. The summed E-state index contributed by atoms with van der Waals surface area (Å²) in [5.41, 5.74) is 0.635. The van der Waals surface area contributed by atoms with Crippen molar-refractivity contribution in [2.75, 3.05) is 33.2 Å². The zero-order valence-electron chi connectivity index (χ0n) is 14.7. The third kappa shape index (κ3) is 4.30. The molecule has 1 saturated heterocycles. The van der Waals surface area contributed by atoms with Gasteiger partial charge in [-0.3, -0.25) is 4.79 Å². The molecule has 138 valence electrons. The van der Waals surface area contributed by atoms with Crippen molar-refractivity contribution >= 4 is 15.9 Å². The Kier molecular flexibility index (Phi) is 5.70. The average molecular weight is 373 g/mol. The lowest BCUT2D eigenvalue weighted by atomic mass is 10.1. The van der Waals surface area contributed by atoms with Gasteiger partial charge in [0.15, 0.2) is 0 Å². The summed E-state index contributed by atoms with van der Waals surface area (Å²) in [6.45, 7) is 2.73. The van der Waals surface area contributed by atoms with Gasteiger partial charge in [-0.05, 0) is 24.7 Å². The van der Waals surface area contributed by atoms with E-state index in [1.54, 1.807) is 47.4 Å². The van der Waals surface area contributed by atoms with E-state index in [4.69, 9.17) is 0 Å². The number of hydrogen-bond donors (Lipinski definition) is 1. The summed E-state index contributed by atoms with van der Waals surface area (Å²) in [4.78, 5) is 17.1. The number of hydrogen-bond acceptors (Lipinski definition) is 4. The number of benzene rings is 2.